The first-order valence-electron chi connectivity index (χ1n) is 16.5. The van der Waals surface area contributed by atoms with Crippen molar-refractivity contribution in [3.05, 3.63) is 83.4 Å². The Kier molecular flexibility index (Phi) is 8.31. The number of nitrogens with one attached hydrogen (secondary N) is 1. The molecular formula is C36H41N7O4S. The number of rotatable bonds is 6. The van der Waals surface area contributed by atoms with E-state index in [1.54, 1.807) is 23.1 Å². The first kappa shape index (κ1) is 32.0. The molecule has 2 aromatic heterocycles. The molecule has 0 unspecified atom stereocenters. The summed E-state index contributed by atoms with van der Waals surface area (Å²) >= 11 is 0. The highest BCUT2D eigenvalue weighted by Crippen LogP contribution is 2.35. The zero-order chi connectivity index (χ0) is 33.6. The van der Waals surface area contributed by atoms with Crippen molar-refractivity contribution in [3.8, 4) is 17.1 Å². The molecule has 2 aromatic carbocycles. The average molecular weight is 668 g/mol. The van der Waals surface area contributed by atoms with E-state index in [0.29, 0.717) is 17.4 Å². The highest BCUT2D eigenvalue weighted by atomic mass is 32.2. The Morgan fingerprint density at radius 2 is 1.69 bits per heavy atom. The second kappa shape index (κ2) is 12.5. The van der Waals surface area contributed by atoms with Crippen molar-refractivity contribution in [2.24, 2.45) is 11.3 Å². The molecule has 1 amide bonds. The Labute approximate surface area is 281 Å². The number of aryl methyl sites for hydroxylation is 2. The predicted octanol–water partition coefficient (Wildman–Crippen LogP) is 5.79. The Balaban J connectivity index is 1.29. The first-order chi connectivity index (χ1) is 22.9. The number of hydrogen-bond donors (Lipinski definition) is 1. The lowest BCUT2D eigenvalue weighted by molar-refractivity contribution is 0.0504. The number of aromatic nitrogens is 4. The van der Waals surface area contributed by atoms with E-state index in [1.807, 2.05) is 44.4 Å². The molecule has 0 spiro atoms. The largest absolute Gasteiger partial charge is 0.475 e. The molecule has 4 heterocycles. The molecule has 1 atom stereocenters. The molecular weight excluding hydrogens is 627 g/mol. The molecule has 4 bridgehead atoms. The fraction of sp³-hybridized carbons (Fsp3) is 0.417. The molecule has 11 nitrogen and oxygen atoms in total. The van der Waals surface area contributed by atoms with Crippen molar-refractivity contribution < 1.29 is 17.9 Å². The van der Waals surface area contributed by atoms with Gasteiger partial charge in [-0.25, -0.2) is 28.1 Å². The van der Waals surface area contributed by atoms with Crippen LogP contribution < -0.4 is 14.4 Å². The summed E-state index contributed by atoms with van der Waals surface area (Å²) in [4.78, 5) is 36.8. The van der Waals surface area contributed by atoms with E-state index in [1.165, 1.54) is 12.1 Å². The van der Waals surface area contributed by atoms with Crippen LogP contribution in [0.3, 0.4) is 0 Å². The fourth-order valence-corrected chi connectivity index (χ4v) is 7.88. The number of benzene rings is 2. The van der Waals surface area contributed by atoms with E-state index in [0.717, 1.165) is 61.2 Å². The minimum absolute atomic E-state index is 0.0651. The van der Waals surface area contributed by atoms with Gasteiger partial charge in [0.05, 0.1) is 41.3 Å². The quantitative estimate of drug-likeness (QED) is 0.272. The number of carbonyl (C=O) groups is 1. The summed E-state index contributed by atoms with van der Waals surface area (Å²) in [6.07, 6.45) is 7.69. The third-order valence-corrected chi connectivity index (χ3v) is 10.9. The average Bonchev–Trinajstić information content (AvgIpc) is 3.01. The van der Waals surface area contributed by atoms with Crippen LogP contribution in [0.1, 0.15) is 66.8 Å². The van der Waals surface area contributed by atoms with Crippen LogP contribution in [0.5, 0.6) is 5.88 Å². The number of fused-ring (bicyclic) bond motifs is 4. The third-order valence-electron chi connectivity index (χ3n) is 9.62. The van der Waals surface area contributed by atoms with Gasteiger partial charge < -0.3 is 14.5 Å². The lowest BCUT2D eigenvalue weighted by Gasteiger charge is -2.47. The molecule has 2 aliphatic heterocycles. The minimum Gasteiger partial charge on any atom is -0.475 e. The van der Waals surface area contributed by atoms with Crippen LogP contribution in [-0.2, 0) is 16.6 Å². The Morgan fingerprint density at radius 3 is 2.35 bits per heavy atom. The van der Waals surface area contributed by atoms with Crippen LogP contribution in [0.15, 0.2) is 65.8 Å². The summed E-state index contributed by atoms with van der Waals surface area (Å²) in [5.74, 6) is 0.748. The predicted molar refractivity (Wildman–Crippen MR) is 183 cm³/mol. The third kappa shape index (κ3) is 6.58. The Hall–Kier alpha value is -4.58. The van der Waals surface area contributed by atoms with Crippen molar-refractivity contribution in [1.82, 2.24) is 24.8 Å². The molecule has 1 N–H and O–H groups in total. The van der Waals surface area contributed by atoms with Crippen molar-refractivity contribution in [1.29, 1.82) is 0 Å². The van der Waals surface area contributed by atoms with E-state index >= 15 is 0 Å². The molecule has 1 aliphatic carbocycles. The maximum absolute atomic E-state index is 14.4. The summed E-state index contributed by atoms with van der Waals surface area (Å²) < 4.78 is 36.3. The maximum Gasteiger partial charge on any atom is 0.264 e. The van der Waals surface area contributed by atoms with Crippen LogP contribution in [-0.4, -0.2) is 64.9 Å². The number of sulfonamides is 1. The van der Waals surface area contributed by atoms with Gasteiger partial charge in [-0.2, -0.15) is 4.98 Å². The van der Waals surface area contributed by atoms with Crippen LogP contribution in [0, 0.1) is 25.2 Å². The molecule has 12 heteroatoms. The number of anilines is 2. The van der Waals surface area contributed by atoms with Gasteiger partial charge in [-0.05, 0) is 60.9 Å². The molecule has 7 rings (SSSR count). The summed E-state index contributed by atoms with van der Waals surface area (Å²) in [6, 6.07) is 13.4. The van der Waals surface area contributed by atoms with Gasteiger partial charge in [-0.1, -0.05) is 57.4 Å². The zero-order valence-electron chi connectivity index (χ0n) is 27.8. The number of nitrogens with zero attached hydrogens (tertiary/aromatic N) is 6. The van der Waals surface area contributed by atoms with E-state index in [4.69, 9.17) is 4.74 Å². The topological polar surface area (TPSA) is 131 Å². The summed E-state index contributed by atoms with van der Waals surface area (Å²) in [5, 5.41) is 0. The van der Waals surface area contributed by atoms with Crippen molar-refractivity contribution >= 4 is 27.6 Å². The van der Waals surface area contributed by atoms with Crippen LogP contribution in [0.25, 0.3) is 11.3 Å². The van der Waals surface area contributed by atoms with Gasteiger partial charge in [0.25, 0.3) is 15.9 Å². The lowest BCUT2D eigenvalue weighted by atomic mass is 9.80. The first-order valence-corrected chi connectivity index (χ1v) is 18.0. The fourth-order valence-electron chi connectivity index (χ4n) is 6.89. The SMILES string of the molecule is Cc1cccc(C)c1-c1cc2nc(n1)NS(=O)(=O)c1cccc(c1)C(=O)N(Cc1ncc(N3CC(C)(C)C3)cn1)[C@H](CC1CCC1)CO2. The maximum atomic E-state index is 14.4. The molecule has 3 aliphatic rings. The summed E-state index contributed by atoms with van der Waals surface area (Å²) in [6.45, 7) is 10.6. The van der Waals surface area contributed by atoms with Crippen LogP contribution in [0.4, 0.5) is 11.6 Å². The van der Waals surface area contributed by atoms with Crippen molar-refractivity contribution in [3.63, 3.8) is 0 Å². The Bertz CT molecular complexity index is 1930. The minimum atomic E-state index is -4.15. The van der Waals surface area contributed by atoms with Gasteiger partial charge in [0.1, 0.15) is 12.4 Å². The highest BCUT2D eigenvalue weighted by molar-refractivity contribution is 7.92. The van der Waals surface area contributed by atoms with Gasteiger partial charge >= 0.3 is 0 Å². The zero-order valence-corrected chi connectivity index (χ0v) is 28.6. The van der Waals surface area contributed by atoms with Gasteiger partial charge in [0.2, 0.25) is 11.8 Å². The van der Waals surface area contributed by atoms with Crippen molar-refractivity contribution in [2.45, 2.75) is 70.9 Å². The summed E-state index contributed by atoms with van der Waals surface area (Å²) in [5.41, 5.74) is 4.86. The molecule has 1 saturated carbocycles. The van der Waals surface area contributed by atoms with Gasteiger partial charge in [0, 0.05) is 30.3 Å². The van der Waals surface area contributed by atoms with Gasteiger partial charge in [-0.15, -0.1) is 0 Å². The van der Waals surface area contributed by atoms with E-state index in [2.05, 4.69) is 43.4 Å². The number of carbonyl (C=O) groups excluding carboxylic acids is 1. The number of amides is 1. The number of hydrogen-bond acceptors (Lipinski definition) is 9. The molecule has 48 heavy (non-hydrogen) atoms. The number of ether oxygens (including phenoxy) is 1. The summed E-state index contributed by atoms with van der Waals surface area (Å²) in [7, 11) is -4.15. The van der Waals surface area contributed by atoms with Gasteiger partial charge in [-0.3, -0.25) is 4.79 Å². The Morgan fingerprint density at radius 1 is 0.979 bits per heavy atom. The lowest BCUT2D eigenvalue weighted by Crippen LogP contribution is -2.53. The molecule has 4 aromatic rings. The highest BCUT2D eigenvalue weighted by Gasteiger charge is 2.35. The molecule has 0 radical (unpaired) electrons. The van der Waals surface area contributed by atoms with Crippen molar-refractivity contribution in [2.75, 3.05) is 29.3 Å². The molecule has 1 saturated heterocycles. The van der Waals surface area contributed by atoms with Crippen LogP contribution in [0.2, 0.25) is 0 Å². The standard InChI is InChI=1S/C36H41N7O4S/c1-23-8-5-9-24(2)33(23)30-16-32-40-35(39-30)41-48(45,46)29-13-7-12-26(15-29)34(44)43(27(20-47-32)14-25-10-6-11-25)19-31-37-17-28(18-38-31)42-21-36(3,4)22-42/h5,7-9,12-13,15-18,25,27H,6,10-11,14,19-22H2,1-4H3,(H,39,40,41)/t27-/m1/s1. The van der Waals surface area contributed by atoms with E-state index in [9.17, 15) is 13.2 Å². The second-order valence-corrected chi connectivity index (χ2v) is 15.8. The van der Waals surface area contributed by atoms with E-state index in [-0.39, 0.29) is 52.8 Å². The molecule has 250 valence electrons. The monoisotopic (exact) mass is 667 g/mol. The normalized spacial score (nSPS) is 20.2. The smallest absolute Gasteiger partial charge is 0.264 e. The van der Waals surface area contributed by atoms with Gasteiger partial charge in [0.15, 0.2) is 0 Å². The molecule has 2 fully saturated rings. The van der Waals surface area contributed by atoms with Crippen LogP contribution >= 0.6 is 0 Å². The second-order valence-electron chi connectivity index (χ2n) is 14.1. The van der Waals surface area contributed by atoms with E-state index < -0.39 is 10.0 Å².